The van der Waals surface area contributed by atoms with E-state index in [4.69, 9.17) is 0 Å². The van der Waals surface area contributed by atoms with Gasteiger partial charge in [0.2, 0.25) is 5.60 Å². The summed E-state index contributed by atoms with van der Waals surface area (Å²) in [4.78, 5) is 30.4. The van der Waals surface area contributed by atoms with Gasteiger partial charge in [0.05, 0.1) is 5.39 Å². The quantitative estimate of drug-likeness (QED) is 0.575. The highest BCUT2D eigenvalue weighted by Crippen LogP contribution is 2.21. The number of benzene rings is 1. The van der Waals surface area contributed by atoms with E-state index in [0.29, 0.717) is 34.5 Å². The molecule has 1 saturated heterocycles. The summed E-state index contributed by atoms with van der Waals surface area (Å²) in [6, 6.07) is 10.5. The number of rotatable bonds is 2. The molecule has 1 aromatic carbocycles. The topological polar surface area (TPSA) is 111 Å². The molecular formula is C21H19N5O3. The Hall–Kier alpha value is -3.70. The number of H-pyrrole nitrogens is 1. The standard InChI is InChI=1S/C21H19N5O3/c1-13-6-7-16-17(24-25-18(16)22-13)19(27)23-15-5-3-4-14(12-15)8-9-21(29)10-11-26(2)20(21)28/h3-7,12,29H,10-11H2,1-2H3,(H,23,27)(H,22,24,25)/t21-/m0/s1. The van der Waals surface area contributed by atoms with Gasteiger partial charge in [0.1, 0.15) is 5.69 Å². The van der Waals surface area contributed by atoms with Crippen molar-refractivity contribution in [1.82, 2.24) is 20.1 Å². The van der Waals surface area contributed by atoms with Crippen molar-refractivity contribution in [3.8, 4) is 11.8 Å². The lowest BCUT2D eigenvalue weighted by atomic mass is 10.0. The van der Waals surface area contributed by atoms with Gasteiger partial charge in [-0.1, -0.05) is 17.9 Å². The van der Waals surface area contributed by atoms with E-state index in [1.807, 2.05) is 13.0 Å². The van der Waals surface area contributed by atoms with Gasteiger partial charge in [-0.3, -0.25) is 14.7 Å². The number of likely N-dealkylation sites (N-methyl/N-ethyl adjacent to an activating group) is 1. The zero-order chi connectivity index (χ0) is 20.6. The van der Waals surface area contributed by atoms with Crippen molar-refractivity contribution in [2.75, 3.05) is 18.9 Å². The lowest BCUT2D eigenvalue weighted by Crippen LogP contribution is -2.37. The van der Waals surface area contributed by atoms with Crippen LogP contribution in [-0.4, -0.2) is 56.2 Å². The molecule has 0 spiro atoms. The second kappa shape index (κ2) is 7.04. The third kappa shape index (κ3) is 3.56. The van der Waals surface area contributed by atoms with Crippen molar-refractivity contribution in [3.63, 3.8) is 0 Å². The number of aromatic amines is 1. The second-order valence-electron chi connectivity index (χ2n) is 7.04. The van der Waals surface area contributed by atoms with Crippen LogP contribution in [0, 0.1) is 18.8 Å². The van der Waals surface area contributed by atoms with Gasteiger partial charge >= 0.3 is 0 Å². The highest BCUT2D eigenvalue weighted by molar-refractivity contribution is 6.10. The number of hydrogen-bond acceptors (Lipinski definition) is 5. The van der Waals surface area contributed by atoms with Crippen LogP contribution >= 0.6 is 0 Å². The van der Waals surface area contributed by atoms with E-state index in [2.05, 4.69) is 32.3 Å². The van der Waals surface area contributed by atoms with Crippen molar-refractivity contribution in [2.24, 2.45) is 0 Å². The van der Waals surface area contributed by atoms with Crippen LogP contribution in [0.3, 0.4) is 0 Å². The Bertz CT molecular complexity index is 1190. The average Bonchev–Trinajstić information content (AvgIpc) is 3.23. The molecule has 0 aliphatic carbocycles. The first-order valence-electron chi connectivity index (χ1n) is 9.10. The van der Waals surface area contributed by atoms with Crippen LogP contribution in [0.5, 0.6) is 0 Å². The first kappa shape index (κ1) is 18.7. The molecule has 1 aliphatic rings. The number of aromatic nitrogens is 3. The summed E-state index contributed by atoms with van der Waals surface area (Å²) in [5.41, 5.74) is 1.06. The maximum Gasteiger partial charge on any atom is 0.274 e. The molecule has 0 saturated carbocycles. The maximum atomic E-state index is 12.6. The van der Waals surface area contributed by atoms with Crippen molar-refractivity contribution >= 4 is 28.5 Å². The number of fused-ring (bicyclic) bond motifs is 1. The van der Waals surface area contributed by atoms with Crippen LogP contribution in [0.1, 0.15) is 28.2 Å². The highest BCUT2D eigenvalue weighted by Gasteiger charge is 2.42. The minimum absolute atomic E-state index is 0.270. The van der Waals surface area contributed by atoms with Gasteiger partial charge in [-0.25, -0.2) is 4.98 Å². The fourth-order valence-corrected chi connectivity index (χ4v) is 3.18. The number of amides is 2. The molecule has 8 nitrogen and oxygen atoms in total. The summed E-state index contributed by atoms with van der Waals surface area (Å²) < 4.78 is 0. The van der Waals surface area contributed by atoms with Gasteiger partial charge in [-0.2, -0.15) is 5.10 Å². The van der Waals surface area contributed by atoms with Crippen molar-refractivity contribution in [1.29, 1.82) is 0 Å². The van der Waals surface area contributed by atoms with Crippen LogP contribution in [0.2, 0.25) is 0 Å². The zero-order valence-corrected chi connectivity index (χ0v) is 16.0. The predicted molar refractivity (Wildman–Crippen MR) is 107 cm³/mol. The number of nitrogens with one attached hydrogen (secondary N) is 2. The van der Waals surface area contributed by atoms with Gasteiger partial charge < -0.3 is 15.3 Å². The summed E-state index contributed by atoms with van der Waals surface area (Å²) in [5, 5.41) is 20.6. The van der Waals surface area contributed by atoms with E-state index in [1.54, 1.807) is 37.4 Å². The molecule has 2 aromatic heterocycles. The molecular weight excluding hydrogens is 370 g/mol. The Morgan fingerprint density at radius 3 is 2.93 bits per heavy atom. The number of hydrogen-bond donors (Lipinski definition) is 3. The molecule has 0 bridgehead atoms. The zero-order valence-electron chi connectivity index (χ0n) is 16.0. The molecule has 1 atom stereocenters. The predicted octanol–water partition coefficient (Wildman–Crippen LogP) is 1.46. The summed E-state index contributed by atoms with van der Waals surface area (Å²) >= 11 is 0. The normalized spacial score (nSPS) is 18.6. The first-order chi connectivity index (χ1) is 13.9. The van der Waals surface area contributed by atoms with Crippen molar-refractivity contribution < 1.29 is 14.7 Å². The van der Waals surface area contributed by atoms with Crippen molar-refractivity contribution in [3.05, 3.63) is 53.3 Å². The summed E-state index contributed by atoms with van der Waals surface area (Å²) in [6.45, 7) is 2.32. The van der Waals surface area contributed by atoms with Gasteiger partial charge in [0, 0.05) is 37.0 Å². The number of aliphatic hydroxyl groups is 1. The van der Waals surface area contributed by atoms with E-state index in [1.165, 1.54) is 4.90 Å². The molecule has 146 valence electrons. The van der Waals surface area contributed by atoms with E-state index in [0.717, 1.165) is 5.69 Å². The molecule has 2 amide bonds. The minimum Gasteiger partial charge on any atom is -0.369 e. The first-order valence-corrected chi connectivity index (χ1v) is 9.10. The summed E-state index contributed by atoms with van der Waals surface area (Å²) in [6.07, 6.45) is 0.270. The fourth-order valence-electron chi connectivity index (χ4n) is 3.18. The smallest absolute Gasteiger partial charge is 0.274 e. The second-order valence-corrected chi connectivity index (χ2v) is 7.04. The van der Waals surface area contributed by atoms with Crippen molar-refractivity contribution in [2.45, 2.75) is 18.9 Å². The Kier molecular flexibility index (Phi) is 4.53. The molecule has 0 radical (unpaired) electrons. The van der Waals surface area contributed by atoms with Gasteiger partial charge in [-0.15, -0.1) is 0 Å². The molecule has 1 aliphatic heterocycles. The summed E-state index contributed by atoms with van der Waals surface area (Å²) in [7, 11) is 1.63. The number of carbonyl (C=O) groups excluding carboxylic acids is 2. The van der Waals surface area contributed by atoms with Crippen LogP contribution in [-0.2, 0) is 4.79 Å². The number of carbonyl (C=O) groups is 2. The van der Waals surface area contributed by atoms with Gasteiger partial charge in [0.15, 0.2) is 5.65 Å². The largest absolute Gasteiger partial charge is 0.369 e. The number of aryl methyl sites for hydroxylation is 1. The Balaban J connectivity index is 1.54. The van der Waals surface area contributed by atoms with Crippen LogP contribution in [0.15, 0.2) is 36.4 Å². The Morgan fingerprint density at radius 1 is 1.34 bits per heavy atom. The fraction of sp³-hybridized carbons (Fsp3) is 0.238. The Labute approximate surface area is 166 Å². The van der Waals surface area contributed by atoms with E-state index in [-0.39, 0.29) is 12.3 Å². The van der Waals surface area contributed by atoms with E-state index in [9.17, 15) is 14.7 Å². The molecule has 4 rings (SSSR count). The third-order valence-electron chi connectivity index (χ3n) is 4.83. The maximum absolute atomic E-state index is 12.6. The van der Waals surface area contributed by atoms with Gasteiger partial charge in [0.25, 0.3) is 11.8 Å². The molecule has 1 fully saturated rings. The van der Waals surface area contributed by atoms with Crippen LogP contribution in [0.25, 0.3) is 11.0 Å². The molecule has 29 heavy (non-hydrogen) atoms. The number of pyridine rings is 1. The number of nitrogens with zero attached hydrogens (tertiary/aromatic N) is 3. The molecule has 0 unspecified atom stereocenters. The molecule has 3 heterocycles. The third-order valence-corrected chi connectivity index (χ3v) is 4.83. The van der Waals surface area contributed by atoms with E-state index >= 15 is 0 Å². The Morgan fingerprint density at radius 2 is 2.17 bits per heavy atom. The van der Waals surface area contributed by atoms with Crippen LogP contribution in [0.4, 0.5) is 5.69 Å². The SMILES string of the molecule is Cc1ccc2c(C(=O)Nc3cccc(C#C[C@]4(O)CCN(C)C4=O)c3)[nH]nc2n1. The highest BCUT2D eigenvalue weighted by atomic mass is 16.3. The lowest BCUT2D eigenvalue weighted by Gasteiger charge is -2.13. The summed E-state index contributed by atoms with van der Waals surface area (Å²) in [5.74, 6) is 4.75. The van der Waals surface area contributed by atoms with Gasteiger partial charge in [-0.05, 0) is 37.3 Å². The molecule has 3 N–H and O–H groups in total. The van der Waals surface area contributed by atoms with E-state index < -0.39 is 11.5 Å². The lowest BCUT2D eigenvalue weighted by molar-refractivity contribution is -0.137. The average molecular weight is 389 g/mol. The minimum atomic E-state index is -1.66. The monoisotopic (exact) mass is 389 g/mol. The molecule has 3 aromatic rings. The van der Waals surface area contributed by atoms with Crippen LogP contribution < -0.4 is 5.32 Å². The number of likely N-dealkylation sites (tertiary alicyclic amines) is 1. The number of anilines is 1. The molecule has 8 heteroatoms.